The molecule has 0 spiro atoms. The monoisotopic (exact) mass is 1390 g/mol. The second-order valence-electron chi connectivity index (χ2n) is 12.6. The number of aliphatic hydroxyl groups is 1. The third kappa shape index (κ3) is 172. The van der Waals surface area contributed by atoms with Gasteiger partial charge in [-0.2, -0.15) is 0 Å². The minimum atomic E-state index is -1.06. The van der Waals surface area contributed by atoms with Gasteiger partial charge in [0.25, 0.3) is 11.8 Å². The van der Waals surface area contributed by atoms with E-state index in [1.165, 1.54) is 71.3 Å². The summed E-state index contributed by atoms with van der Waals surface area (Å²) in [5, 5.41) is 44.9. The van der Waals surface area contributed by atoms with Crippen LogP contribution in [-0.4, -0.2) is 168 Å². The maximum atomic E-state index is 12.7. The Morgan fingerprint density at radius 1 is 0.417 bits per heavy atom. The Bertz CT molecular complexity index is 1300. The van der Waals surface area contributed by atoms with Crippen molar-refractivity contribution in [2.24, 2.45) is 5.41 Å². The molecule has 1 heterocycles. The van der Waals surface area contributed by atoms with Crippen molar-refractivity contribution in [3.05, 3.63) is 156 Å². The number of ether oxygens (including phenoxy) is 4. The van der Waals surface area contributed by atoms with Crippen LogP contribution in [0.15, 0.2) is 156 Å². The number of hydrogen-bond donors (Lipinski definition) is 1. The molecule has 0 bridgehead atoms. The Morgan fingerprint density at radius 2 is 0.729 bits per heavy atom. The standard InChI is InChI=1S/C23H37NO19.C13H24O2.10C2H4.9CH2O/c1-29-10-12-31-18-23(17-25,16-20(26)6-4-3-5-9-24-21(27)7-8-22(24)28)19-32-13-15-34-36-38-40-42-43-41-39-37-35-33-14-11-30-2;14-12-10-8-6-4-2-1-3-5-7-9-11-13-15;19*1-2/h7-8,13,15,25H,3-6,9-12,14,16-19H2,1-2H3;12-13H,1-11H2;10*1-2H2;9*1H2/b15-13-;;;;;;;;;;;;;;;;;;;;. The summed E-state index contributed by atoms with van der Waals surface area (Å²) in [4.78, 5) is 138. The maximum absolute atomic E-state index is 12.7. The van der Waals surface area contributed by atoms with E-state index in [4.69, 9.17) is 57.4 Å². The molecular weight excluding hydrogens is 1270 g/mol. The molecule has 2 amide bonds. The Labute approximate surface area is 572 Å². The molecule has 1 aliphatic heterocycles. The average molecular weight is 1390 g/mol. The molecule has 0 saturated carbocycles. The first-order valence-electron chi connectivity index (χ1n) is 26.6. The quantitative estimate of drug-likeness (QED) is 0.0113. The van der Waals surface area contributed by atoms with Crippen LogP contribution in [0.5, 0.6) is 0 Å². The van der Waals surface area contributed by atoms with Gasteiger partial charge in [-0.3, -0.25) is 19.3 Å². The first kappa shape index (κ1) is 143. The van der Waals surface area contributed by atoms with Crippen molar-refractivity contribution in [3.63, 3.8) is 0 Å². The number of rotatable bonds is 43. The number of aliphatic hydroxyl groups excluding tert-OH is 1. The van der Waals surface area contributed by atoms with E-state index >= 15 is 0 Å². The number of ketones is 1. The second-order valence-corrected chi connectivity index (χ2v) is 12.6. The fraction of sp³-hybridized carbons (Fsp3) is 0.415. The van der Waals surface area contributed by atoms with Crippen LogP contribution in [0.4, 0.5) is 0 Å². The summed E-state index contributed by atoms with van der Waals surface area (Å²) in [6, 6.07) is 0. The number of amides is 2. The molecule has 0 aliphatic carbocycles. The molecule has 0 fully saturated rings. The van der Waals surface area contributed by atoms with Gasteiger partial charge in [0, 0.05) is 83.8 Å². The minimum Gasteiger partial charge on any atom is -0.497 e. The average Bonchev–Trinajstić information content (AvgIpc) is 2.13. The Hall–Kier alpha value is -8.90. The van der Waals surface area contributed by atoms with Crippen molar-refractivity contribution < 1.29 is 146 Å². The van der Waals surface area contributed by atoms with Crippen LogP contribution in [0.1, 0.15) is 103 Å². The predicted octanol–water partition coefficient (Wildman–Crippen LogP) is 10.6. The molecule has 1 N–H and O–H groups in total. The molecule has 31 heteroatoms. The van der Waals surface area contributed by atoms with Crippen LogP contribution in [-0.2, 0) is 141 Å². The van der Waals surface area contributed by atoms with Crippen LogP contribution in [0, 0.1) is 5.41 Å². The van der Waals surface area contributed by atoms with Gasteiger partial charge >= 0.3 is 0 Å². The number of imide groups is 1. The zero-order valence-electron chi connectivity index (χ0n) is 57.7. The summed E-state index contributed by atoms with van der Waals surface area (Å²) >= 11 is 0. The number of Topliss-reactive ketones (excluding diaryl/α,β-unsaturated/α-hetero) is 1. The van der Waals surface area contributed by atoms with Crippen molar-refractivity contribution >= 4 is 91.3 Å². The number of nitrogens with zero attached hydrogens (tertiary/aromatic N) is 1. The topological polar surface area (TPSA) is 401 Å². The molecule has 0 aromatic heterocycles. The van der Waals surface area contributed by atoms with Crippen LogP contribution in [0.3, 0.4) is 0 Å². The van der Waals surface area contributed by atoms with Gasteiger partial charge in [-0.1, -0.05) is 51.4 Å². The van der Waals surface area contributed by atoms with Crippen LogP contribution < -0.4 is 0 Å². The van der Waals surface area contributed by atoms with Gasteiger partial charge in [0.1, 0.15) is 92.3 Å². The van der Waals surface area contributed by atoms with E-state index in [0.29, 0.717) is 25.9 Å². The zero-order valence-corrected chi connectivity index (χ0v) is 57.7. The molecule has 0 radical (unpaired) electrons. The molecule has 96 heavy (non-hydrogen) atoms. The van der Waals surface area contributed by atoms with E-state index in [9.17, 15) is 29.1 Å². The fourth-order valence-electron chi connectivity index (χ4n) is 4.92. The number of carbonyl (C=O) groups excluding carboxylic acids is 14. The lowest BCUT2D eigenvalue weighted by Gasteiger charge is -2.30. The second kappa shape index (κ2) is 213. The lowest BCUT2D eigenvalue weighted by Crippen LogP contribution is -2.38. The van der Waals surface area contributed by atoms with Crippen LogP contribution in [0.2, 0.25) is 0 Å². The molecule has 31 nitrogen and oxygen atoms in total. The Morgan fingerprint density at radius 3 is 1.06 bits per heavy atom. The van der Waals surface area contributed by atoms with Crippen molar-refractivity contribution in [2.45, 2.75) is 103 Å². The van der Waals surface area contributed by atoms with Crippen LogP contribution >= 0.6 is 0 Å². The lowest BCUT2D eigenvalue weighted by molar-refractivity contribution is -0.853. The van der Waals surface area contributed by atoms with E-state index < -0.39 is 12.0 Å². The van der Waals surface area contributed by atoms with Gasteiger partial charge in [-0.15, -0.1) is 132 Å². The van der Waals surface area contributed by atoms with Gasteiger partial charge in [-0.05, 0) is 45.8 Å². The summed E-state index contributed by atoms with van der Waals surface area (Å²) in [7, 11) is 2.96. The molecule has 0 aromatic rings. The van der Waals surface area contributed by atoms with Gasteiger partial charge in [-0.25, -0.2) is 4.89 Å². The molecule has 1 aliphatic rings. The third-order valence-electron chi connectivity index (χ3n) is 7.91. The van der Waals surface area contributed by atoms with E-state index in [2.05, 4.69) is 191 Å². The van der Waals surface area contributed by atoms with E-state index in [1.807, 2.05) is 61.1 Å². The normalized spacial score (nSPS) is 8.93. The van der Waals surface area contributed by atoms with Crippen molar-refractivity contribution in [1.29, 1.82) is 0 Å². The van der Waals surface area contributed by atoms with Crippen LogP contribution in [0.25, 0.3) is 0 Å². The highest BCUT2D eigenvalue weighted by Gasteiger charge is 2.33. The van der Waals surface area contributed by atoms with Gasteiger partial charge in [0.05, 0.1) is 45.1 Å². The van der Waals surface area contributed by atoms with E-state index in [1.54, 1.807) is 0 Å². The number of methoxy groups -OCH3 is 2. The summed E-state index contributed by atoms with van der Waals surface area (Å²) in [6.45, 7) is 78.6. The molecule has 1 rings (SSSR count). The summed E-state index contributed by atoms with van der Waals surface area (Å²) in [5.41, 5.74) is -1.06. The predicted molar refractivity (Wildman–Crippen MR) is 369 cm³/mol. The first-order valence-corrected chi connectivity index (χ1v) is 26.6. The number of aldehydes is 2. The Balaban J connectivity index is -0.0000000501. The Kier molecular flexibility index (Phi) is 318. The summed E-state index contributed by atoms with van der Waals surface area (Å²) in [6.07, 6.45) is 20.8. The zero-order chi connectivity index (χ0) is 80.6. The number of unbranched alkanes of at least 4 members (excludes halogenated alkanes) is 12. The molecule has 1 unspecified atom stereocenters. The SMILES string of the molecule is C=C.C=C.C=C.C=C.C=C.C=C.C=C.C=C.C=C.C=C.C=O.C=O.C=O.C=O.C=O.C=O.C=O.C=O.C=O.COCCOCC(CO)(CO/C=C\OOOOOOOOOOOCCOC)CC(=O)CCCCCN1C(=O)C=CC1=O.O=CCCCCCCCCCCCC=O. The molecule has 0 aromatic carbocycles. The highest BCUT2D eigenvalue weighted by Crippen LogP contribution is 2.25. The van der Waals surface area contributed by atoms with Gasteiger partial charge < -0.3 is 81.7 Å². The smallest absolute Gasteiger partial charge is 0.253 e. The first-order chi connectivity index (χ1) is 47.4. The fourth-order valence-corrected chi connectivity index (χ4v) is 4.92. The van der Waals surface area contributed by atoms with Crippen molar-refractivity contribution in [2.75, 3.05) is 67.0 Å². The summed E-state index contributed by atoms with van der Waals surface area (Å²) < 4.78 is 20.5. The highest BCUT2D eigenvalue weighted by atomic mass is 17.9. The summed E-state index contributed by atoms with van der Waals surface area (Å²) in [5.74, 6) is -0.800. The number of hydrogen-bond acceptors (Lipinski definition) is 30. The van der Waals surface area contributed by atoms with Gasteiger partial charge in [0.2, 0.25) is 0 Å². The largest absolute Gasteiger partial charge is 0.497 e. The highest BCUT2D eigenvalue weighted by molar-refractivity contribution is 6.12. The van der Waals surface area contributed by atoms with E-state index in [0.717, 1.165) is 55.7 Å². The molecule has 564 valence electrons. The van der Waals surface area contributed by atoms with Gasteiger partial charge in [0.15, 0.2) is 6.26 Å². The molecule has 1 atom stereocenters. The third-order valence-corrected chi connectivity index (χ3v) is 7.91. The minimum absolute atomic E-state index is 0.00800. The number of carbonyl (C=O) groups is 14. The van der Waals surface area contributed by atoms with Crippen molar-refractivity contribution in [3.8, 4) is 0 Å². The van der Waals surface area contributed by atoms with E-state index in [-0.39, 0.29) is 70.0 Å². The lowest BCUT2D eigenvalue weighted by atomic mass is 9.84. The molecular formula is C65H119NO30. The van der Waals surface area contributed by atoms with Crippen molar-refractivity contribution in [1.82, 2.24) is 4.90 Å². The molecule has 0 saturated heterocycles. The maximum Gasteiger partial charge on any atom is 0.253 e.